The molecule has 0 aliphatic carbocycles. The predicted octanol–water partition coefficient (Wildman–Crippen LogP) is 1.65. The van der Waals surface area contributed by atoms with Crippen LogP contribution < -0.4 is 5.32 Å². The Kier molecular flexibility index (Phi) is 10.0. The molecule has 1 heterocycles. The van der Waals surface area contributed by atoms with Crippen LogP contribution in [0.4, 0.5) is 0 Å². The molecule has 0 aromatic heterocycles. The molecule has 29 heavy (non-hydrogen) atoms. The van der Waals surface area contributed by atoms with Gasteiger partial charge >= 0.3 is 0 Å². The minimum absolute atomic E-state index is 0.0409. The van der Waals surface area contributed by atoms with Crippen molar-refractivity contribution >= 4 is 5.91 Å². The maximum absolute atomic E-state index is 12.3. The fourth-order valence-corrected chi connectivity index (χ4v) is 3.50. The molecule has 1 aliphatic heterocycles. The second-order valence-electron chi connectivity index (χ2n) is 7.73. The summed E-state index contributed by atoms with van der Waals surface area (Å²) >= 11 is 0. The molecule has 1 aromatic rings. The highest BCUT2D eigenvalue weighted by atomic mass is 16.7. The number of aliphatic hydroxyl groups is 2. The van der Waals surface area contributed by atoms with Gasteiger partial charge in [0, 0.05) is 18.6 Å². The lowest BCUT2D eigenvalue weighted by molar-refractivity contribution is -0.288. The standard InChI is InChI=1S/C22H35NO6/c1-4-5-11-27-22-16(3)21(20(26)18(13-24)29-22)28-14-19(25)23-15(2)12-17-9-7-6-8-10-17/h6-10,15-16,18,20-22,24,26H,4-5,11-14H2,1-3H3,(H,23,25)/t15-,16-,18?,20+,21?,22-/m0/s1. The fourth-order valence-electron chi connectivity index (χ4n) is 3.50. The van der Waals surface area contributed by atoms with Gasteiger partial charge in [-0.05, 0) is 25.3 Å². The lowest BCUT2D eigenvalue weighted by Gasteiger charge is -2.42. The summed E-state index contributed by atoms with van der Waals surface area (Å²) in [7, 11) is 0. The number of hydrogen-bond acceptors (Lipinski definition) is 6. The average Bonchev–Trinajstić information content (AvgIpc) is 2.70. The van der Waals surface area contributed by atoms with E-state index in [0.717, 1.165) is 24.8 Å². The van der Waals surface area contributed by atoms with E-state index in [0.29, 0.717) is 6.61 Å². The molecule has 0 bridgehead atoms. The molecule has 2 unspecified atom stereocenters. The van der Waals surface area contributed by atoms with Crippen LogP contribution in [0.5, 0.6) is 0 Å². The van der Waals surface area contributed by atoms with Gasteiger partial charge in [0.15, 0.2) is 6.29 Å². The van der Waals surface area contributed by atoms with Crippen molar-refractivity contribution in [2.75, 3.05) is 19.8 Å². The van der Waals surface area contributed by atoms with E-state index < -0.39 is 24.6 Å². The van der Waals surface area contributed by atoms with Gasteiger partial charge in [-0.25, -0.2) is 0 Å². The number of ether oxygens (including phenoxy) is 3. The van der Waals surface area contributed by atoms with Crippen LogP contribution >= 0.6 is 0 Å². The van der Waals surface area contributed by atoms with Crippen LogP contribution in [0.1, 0.15) is 39.2 Å². The molecular formula is C22H35NO6. The number of amides is 1. The number of carbonyl (C=O) groups is 1. The number of unbranched alkanes of at least 4 members (excludes halogenated alkanes) is 1. The smallest absolute Gasteiger partial charge is 0.246 e. The van der Waals surface area contributed by atoms with Crippen LogP contribution in [0, 0.1) is 5.92 Å². The molecule has 0 spiro atoms. The Morgan fingerprint density at radius 1 is 1.28 bits per heavy atom. The zero-order chi connectivity index (χ0) is 21.2. The number of rotatable bonds is 11. The largest absolute Gasteiger partial charge is 0.394 e. The molecule has 1 aliphatic rings. The molecule has 1 amide bonds. The first kappa shape index (κ1) is 23.8. The van der Waals surface area contributed by atoms with Crippen LogP contribution in [-0.4, -0.2) is 66.6 Å². The van der Waals surface area contributed by atoms with Gasteiger partial charge in [-0.15, -0.1) is 0 Å². The molecule has 7 heteroatoms. The summed E-state index contributed by atoms with van der Waals surface area (Å²) in [6.07, 6.45) is -0.475. The summed E-state index contributed by atoms with van der Waals surface area (Å²) in [5.41, 5.74) is 1.15. The van der Waals surface area contributed by atoms with Crippen molar-refractivity contribution in [1.82, 2.24) is 5.32 Å². The molecule has 1 saturated heterocycles. The molecule has 0 radical (unpaired) electrons. The van der Waals surface area contributed by atoms with Gasteiger partial charge in [-0.3, -0.25) is 4.79 Å². The maximum Gasteiger partial charge on any atom is 0.246 e. The Morgan fingerprint density at radius 3 is 2.66 bits per heavy atom. The zero-order valence-corrected chi connectivity index (χ0v) is 17.6. The van der Waals surface area contributed by atoms with Crippen LogP contribution in [0.2, 0.25) is 0 Å². The molecule has 0 saturated carbocycles. The topological polar surface area (TPSA) is 97.2 Å². The van der Waals surface area contributed by atoms with Crippen LogP contribution in [0.25, 0.3) is 0 Å². The molecule has 7 nitrogen and oxygen atoms in total. The second kappa shape index (κ2) is 12.2. The van der Waals surface area contributed by atoms with Crippen molar-refractivity contribution in [3.05, 3.63) is 35.9 Å². The van der Waals surface area contributed by atoms with E-state index >= 15 is 0 Å². The van der Waals surface area contributed by atoms with Crippen LogP contribution in [-0.2, 0) is 25.4 Å². The minimum Gasteiger partial charge on any atom is -0.394 e. The summed E-state index contributed by atoms with van der Waals surface area (Å²) < 4.78 is 17.2. The summed E-state index contributed by atoms with van der Waals surface area (Å²) in [6.45, 7) is 5.87. The summed E-state index contributed by atoms with van der Waals surface area (Å²) in [5.74, 6) is -0.525. The first-order valence-electron chi connectivity index (χ1n) is 10.5. The van der Waals surface area contributed by atoms with E-state index in [2.05, 4.69) is 12.2 Å². The van der Waals surface area contributed by atoms with Gasteiger partial charge in [-0.2, -0.15) is 0 Å². The van der Waals surface area contributed by atoms with Crippen molar-refractivity contribution in [1.29, 1.82) is 0 Å². The molecule has 164 valence electrons. The molecule has 3 N–H and O–H groups in total. The van der Waals surface area contributed by atoms with Gasteiger partial charge in [0.25, 0.3) is 0 Å². The zero-order valence-electron chi connectivity index (χ0n) is 17.6. The molecule has 1 aromatic carbocycles. The van der Waals surface area contributed by atoms with Gasteiger partial charge in [-0.1, -0.05) is 50.6 Å². The minimum atomic E-state index is -1.03. The van der Waals surface area contributed by atoms with E-state index in [1.54, 1.807) is 0 Å². The predicted molar refractivity (Wildman–Crippen MR) is 109 cm³/mol. The van der Waals surface area contributed by atoms with Crippen molar-refractivity contribution in [3.8, 4) is 0 Å². The van der Waals surface area contributed by atoms with E-state index in [9.17, 15) is 15.0 Å². The highest BCUT2D eigenvalue weighted by Gasteiger charge is 2.44. The van der Waals surface area contributed by atoms with Crippen molar-refractivity contribution in [3.63, 3.8) is 0 Å². The van der Waals surface area contributed by atoms with Crippen molar-refractivity contribution in [2.45, 2.75) is 70.7 Å². The number of carbonyl (C=O) groups excluding carboxylic acids is 1. The first-order chi connectivity index (χ1) is 14.0. The Bertz CT molecular complexity index is 598. The summed E-state index contributed by atoms with van der Waals surface area (Å²) in [6, 6.07) is 9.90. The molecular weight excluding hydrogens is 374 g/mol. The van der Waals surface area contributed by atoms with E-state index in [1.165, 1.54) is 0 Å². The maximum atomic E-state index is 12.3. The third-order valence-electron chi connectivity index (χ3n) is 5.13. The molecule has 1 fully saturated rings. The Labute approximate surface area is 173 Å². The number of aliphatic hydroxyl groups excluding tert-OH is 2. The number of benzene rings is 1. The third-order valence-corrected chi connectivity index (χ3v) is 5.13. The Hall–Kier alpha value is -1.51. The van der Waals surface area contributed by atoms with Gasteiger partial charge in [0.05, 0.1) is 12.7 Å². The summed E-state index contributed by atoms with van der Waals surface area (Å²) in [5, 5.41) is 22.9. The summed E-state index contributed by atoms with van der Waals surface area (Å²) in [4.78, 5) is 12.3. The van der Waals surface area contributed by atoms with Gasteiger partial charge in [0.1, 0.15) is 18.8 Å². The van der Waals surface area contributed by atoms with E-state index in [4.69, 9.17) is 14.2 Å². The number of nitrogens with one attached hydrogen (secondary N) is 1. The fraction of sp³-hybridized carbons (Fsp3) is 0.682. The lowest BCUT2D eigenvalue weighted by Crippen LogP contribution is -2.57. The third kappa shape index (κ3) is 7.35. The first-order valence-corrected chi connectivity index (χ1v) is 10.5. The second-order valence-corrected chi connectivity index (χ2v) is 7.73. The van der Waals surface area contributed by atoms with Gasteiger partial charge < -0.3 is 29.7 Å². The highest BCUT2D eigenvalue weighted by molar-refractivity contribution is 5.77. The van der Waals surface area contributed by atoms with Crippen molar-refractivity contribution < 1.29 is 29.2 Å². The van der Waals surface area contributed by atoms with E-state index in [-0.39, 0.29) is 31.1 Å². The van der Waals surface area contributed by atoms with Crippen molar-refractivity contribution in [2.24, 2.45) is 5.92 Å². The SMILES string of the molecule is CCCCO[C@H]1OC(CO)[C@@H](O)C(OCC(=O)N[C@@H](C)Cc2ccccc2)[C@@H]1C. The molecule has 2 rings (SSSR count). The Morgan fingerprint density at radius 2 is 2.00 bits per heavy atom. The average molecular weight is 410 g/mol. The van der Waals surface area contributed by atoms with Gasteiger partial charge in [0.2, 0.25) is 5.91 Å². The number of hydrogen-bond donors (Lipinski definition) is 3. The molecule has 6 atom stereocenters. The van der Waals surface area contributed by atoms with Crippen LogP contribution in [0.3, 0.4) is 0 Å². The lowest BCUT2D eigenvalue weighted by atomic mass is 9.92. The van der Waals surface area contributed by atoms with Crippen LogP contribution in [0.15, 0.2) is 30.3 Å². The monoisotopic (exact) mass is 409 g/mol. The quantitative estimate of drug-likeness (QED) is 0.481. The Balaban J connectivity index is 1.85. The van der Waals surface area contributed by atoms with E-state index in [1.807, 2.05) is 44.2 Å². The highest BCUT2D eigenvalue weighted by Crippen LogP contribution is 2.29. The normalized spacial score (nSPS) is 28.1.